The first-order valence-electron chi connectivity index (χ1n) is 3.33. The van der Waals surface area contributed by atoms with E-state index < -0.39 is 0 Å². The van der Waals surface area contributed by atoms with Gasteiger partial charge in [0, 0.05) is 26.2 Å². The van der Waals surface area contributed by atoms with Crippen LogP contribution in [-0.4, -0.2) is 0 Å². The molecule has 0 amide bonds. The van der Waals surface area contributed by atoms with Crippen molar-refractivity contribution in [3.8, 4) is 0 Å². The Hall–Kier alpha value is 0.466. The van der Waals surface area contributed by atoms with E-state index in [1.165, 1.54) is 0 Å². The van der Waals surface area contributed by atoms with Crippen LogP contribution in [-0.2, 0) is 52.4 Å². The number of hydrogen-bond donors (Lipinski definition) is 0. The zero-order valence-electron chi connectivity index (χ0n) is 6.77. The van der Waals surface area contributed by atoms with Crippen molar-refractivity contribution >= 4 is 0 Å². The smallest absolute Gasteiger partial charge is 0.214 e. The second-order valence-electron chi connectivity index (χ2n) is 1.92. The summed E-state index contributed by atoms with van der Waals surface area (Å²) in [6.45, 7) is 0. The van der Waals surface area contributed by atoms with Gasteiger partial charge in [-0.15, -0.1) is 0 Å². The average Bonchev–Trinajstić information content (AvgIpc) is 2.67. The van der Waals surface area contributed by atoms with Gasteiger partial charge >= 0.3 is 26.2 Å². The molecular weight excluding hydrogens is 303 g/mol. The summed E-state index contributed by atoms with van der Waals surface area (Å²) in [5.74, 6) is 0. The fraction of sp³-hybridized carbons (Fsp3) is 0. The van der Waals surface area contributed by atoms with E-state index in [4.69, 9.17) is 0 Å². The van der Waals surface area contributed by atoms with Crippen LogP contribution in [0.1, 0.15) is 0 Å². The predicted octanol–water partition coefficient (Wildman–Crippen LogP) is 2.81. The molecule has 0 atom stereocenters. The molecule has 0 aliphatic heterocycles. The van der Waals surface area contributed by atoms with Gasteiger partial charge in [-0.25, -0.2) is 24.3 Å². The third-order valence-electron chi connectivity index (χ3n) is 1.11. The van der Waals surface area contributed by atoms with Gasteiger partial charge in [0.15, 0.2) is 0 Å². The van der Waals surface area contributed by atoms with Gasteiger partial charge in [0.25, 0.3) is 0 Å². The maximum atomic E-state index is 2.00. The van der Waals surface area contributed by atoms with Gasteiger partial charge in [-0.3, -0.25) is 0 Å². The molecule has 0 nitrogen and oxygen atoms in total. The first-order chi connectivity index (χ1) is 5.00. The number of hydrogen-bond acceptors (Lipinski definition) is 0. The van der Waals surface area contributed by atoms with Crippen molar-refractivity contribution in [3.05, 3.63) is 60.7 Å². The summed E-state index contributed by atoms with van der Waals surface area (Å²) < 4.78 is 0. The molecule has 0 unspecified atom stereocenters. The van der Waals surface area contributed by atoms with Crippen molar-refractivity contribution in [2.24, 2.45) is 0 Å². The van der Waals surface area contributed by atoms with E-state index in [0.717, 1.165) is 0 Å². The molecule has 0 fully saturated rings. The van der Waals surface area contributed by atoms with Crippen molar-refractivity contribution in [2.45, 2.75) is 0 Å². The summed E-state index contributed by atoms with van der Waals surface area (Å²) in [6.07, 6.45) is 0. The minimum Gasteiger partial charge on any atom is -0.214 e. The van der Waals surface area contributed by atoms with Crippen LogP contribution in [0, 0.1) is 0 Å². The maximum Gasteiger partial charge on any atom is 2.00 e. The van der Waals surface area contributed by atoms with Gasteiger partial charge in [0.1, 0.15) is 0 Å². The Kier molecular flexibility index (Phi) is 14.3. The van der Waals surface area contributed by atoms with Crippen LogP contribution in [0.15, 0.2) is 60.7 Å². The van der Waals surface area contributed by atoms with Crippen molar-refractivity contribution in [3.63, 3.8) is 0 Å². The molecule has 0 spiro atoms. The molecule has 0 saturated carbocycles. The molecule has 2 aromatic rings. The molecule has 0 aliphatic rings. The molecule has 0 saturated heterocycles. The molecule has 0 heterocycles. The van der Waals surface area contributed by atoms with Gasteiger partial charge in [0.2, 0.25) is 0 Å². The molecule has 2 aromatic carbocycles. The van der Waals surface area contributed by atoms with E-state index in [1.54, 1.807) is 0 Å². The van der Waals surface area contributed by atoms with Crippen LogP contribution in [0.2, 0.25) is 0 Å². The van der Waals surface area contributed by atoms with E-state index >= 15 is 0 Å². The first kappa shape index (κ1) is 15.0. The second kappa shape index (κ2) is 11.5. The van der Waals surface area contributed by atoms with Gasteiger partial charge in [-0.2, -0.15) is 36.4 Å². The van der Waals surface area contributed by atoms with Crippen molar-refractivity contribution in [2.75, 3.05) is 0 Å². The topological polar surface area (TPSA) is 0 Å². The van der Waals surface area contributed by atoms with Gasteiger partial charge in [-0.1, -0.05) is 0 Å². The van der Waals surface area contributed by atoms with Crippen LogP contribution in [0.25, 0.3) is 0 Å². The monoisotopic (exact) mass is 310 g/mol. The summed E-state index contributed by atoms with van der Waals surface area (Å²) in [7, 11) is 0. The minimum atomic E-state index is 0. The Morgan fingerprint density at radius 1 is 0.583 bits per heavy atom. The van der Waals surface area contributed by atoms with Crippen LogP contribution in [0.4, 0.5) is 0 Å². The zero-order chi connectivity index (χ0) is 7.07. The normalized spacial score (nSPS) is 6.67. The molecule has 2 heteroatoms. The third-order valence-corrected chi connectivity index (χ3v) is 1.11. The van der Waals surface area contributed by atoms with Crippen LogP contribution < -0.4 is 0 Å². The molecule has 0 aromatic heterocycles. The average molecular weight is 313 g/mol. The van der Waals surface area contributed by atoms with Crippen molar-refractivity contribution < 1.29 is 52.4 Å². The Morgan fingerprint density at radius 3 is 0.917 bits per heavy atom. The molecule has 2 rings (SSSR count). The largest absolute Gasteiger partial charge is 2.00 e. The Balaban J connectivity index is 0. The zero-order valence-corrected chi connectivity index (χ0v) is 11.7. The molecule has 0 radical (unpaired) electrons. The SMILES string of the molecule is [Zr+2].[Zr].c1cc[cH-]c1.c1cc[cH-]c1. The fourth-order valence-electron chi connectivity index (χ4n) is 0.642. The van der Waals surface area contributed by atoms with E-state index in [1.807, 2.05) is 60.7 Å². The summed E-state index contributed by atoms with van der Waals surface area (Å²) in [5, 5.41) is 0. The van der Waals surface area contributed by atoms with E-state index in [2.05, 4.69) is 0 Å². The summed E-state index contributed by atoms with van der Waals surface area (Å²) in [6, 6.07) is 20.0. The predicted molar refractivity (Wildman–Crippen MR) is 44.1 cm³/mol. The van der Waals surface area contributed by atoms with Gasteiger partial charge in [-0.05, 0) is 0 Å². The molecule has 58 valence electrons. The van der Waals surface area contributed by atoms with Crippen molar-refractivity contribution in [1.29, 1.82) is 0 Å². The van der Waals surface area contributed by atoms with E-state index in [0.29, 0.717) is 0 Å². The molecule has 0 aliphatic carbocycles. The molecular formula is C10H10Zr2. The maximum absolute atomic E-state index is 2.00. The standard InChI is InChI=1S/2C5H5.2Zr/c2*1-2-4-5-3-1;;/h2*1-5H;;/q2*-1;;+2. The minimum absolute atomic E-state index is 0. The van der Waals surface area contributed by atoms with Crippen molar-refractivity contribution in [1.82, 2.24) is 0 Å². The summed E-state index contributed by atoms with van der Waals surface area (Å²) >= 11 is 0. The van der Waals surface area contributed by atoms with Gasteiger partial charge < -0.3 is 0 Å². The Morgan fingerprint density at radius 2 is 0.833 bits per heavy atom. The van der Waals surface area contributed by atoms with E-state index in [-0.39, 0.29) is 52.4 Å². The molecule has 12 heavy (non-hydrogen) atoms. The van der Waals surface area contributed by atoms with E-state index in [9.17, 15) is 0 Å². The van der Waals surface area contributed by atoms with Gasteiger partial charge in [0.05, 0.1) is 0 Å². The van der Waals surface area contributed by atoms with Crippen LogP contribution in [0.3, 0.4) is 0 Å². The third kappa shape index (κ3) is 8.56. The summed E-state index contributed by atoms with van der Waals surface area (Å²) in [4.78, 5) is 0. The first-order valence-corrected chi connectivity index (χ1v) is 3.33. The molecule has 0 bridgehead atoms. The quantitative estimate of drug-likeness (QED) is 0.656. The fourth-order valence-corrected chi connectivity index (χ4v) is 0.642. The number of rotatable bonds is 0. The summed E-state index contributed by atoms with van der Waals surface area (Å²) in [5.41, 5.74) is 0. The van der Waals surface area contributed by atoms with Crippen LogP contribution in [0.5, 0.6) is 0 Å². The molecule has 0 N–H and O–H groups in total. The second-order valence-corrected chi connectivity index (χ2v) is 1.92. The Labute approximate surface area is 112 Å². The Bertz CT molecular complexity index is 147. The van der Waals surface area contributed by atoms with Crippen LogP contribution >= 0.6 is 0 Å².